The van der Waals surface area contributed by atoms with E-state index < -0.39 is 6.04 Å². The lowest BCUT2D eigenvalue weighted by Gasteiger charge is -2.16. The molecule has 0 bridgehead atoms. The average Bonchev–Trinajstić information content (AvgIpc) is 2.46. The summed E-state index contributed by atoms with van der Waals surface area (Å²) in [5.74, 6) is -0.179. The summed E-state index contributed by atoms with van der Waals surface area (Å²) in [6.07, 6.45) is 0. The van der Waals surface area contributed by atoms with Crippen molar-refractivity contribution in [2.75, 3.05) is 6.61 Å². The van der Waals surface area contributed by atoms with E-state index >= 15 is 0 Å². The predicted molar refractivity (Wildman–Crippen MR) is 71.8 cm³/mol. The Bertz CT molecular complexity index is 537. The smallest absolute Gasteiger partial charge is 0.251 e. The van der Waals surface area contributed by atoms with Crippen molar-refractivity contribution in [3.8, 4) is 5.75 Å². The number of nitrogens with one attached hydrogen (secondary N) is 1. The quantitative estimate of drug-likeness (QED) is 0.783. The maximum atomic E-state index is 12.0. The van der Waals surface area contributed by atoms with Crippen molar-refractivity contribution in [2.24, 2.45) is 0 Å². The van der Waals surface area contributed by atoms with Crippen LogP contribution in [0.3, 0.4) is 0 Å². The van der Waals surface area contributed by atoms with Gasteiger partial charge in [-0.25, -0.2) is 0 Å². The van der Waals surface area contributed by atoms with Gasteiger partial charge in [-0.15, -0.1) is 0 Å². The molecule has 0 spiro atoms. The molecular formula is C15H15NO3. The lowest BCUT2D eigenvalue weighted by Crippen LogP contribution is -2.30. The SMILES string of the molecule is O=C(N[C@@H](CO)c1ccccc1)c1ccc(O)cc1. The summed E-state index contributed by atoms with van der Waals surface area (Å²) in [7, 11) is 0. The molecule has 3 N–H and O–H groups in total. The molecule has 0 radical (unpaired) electrons. The minimum atomic E-state index is -0.442. The molecule has 2 rings (SSSR count). The fourth-order valence-electron chi connectivity index (χ4n) is 1.77. The van der Waals surface area contributed by atoms with Gasteiger partial charge in [-0.2, -0.15) is 0 Å². The highest BCUT2D eigenvalue weighted by Gasteiger charge is 2.14. The second-order valence-electron chi connectivity index (χ2n) is 4.17. The van der Waals surface area contributed by atoms with E-state index in [9.17, 15) is 15.0 Å². The fraction of sp³-hybridized carbons (Fsp3) is 0.133. The van der Waals surface area contributed by atoms with Crippen molar-refractivity contribution in [3.05, 3.63) is 65.7 Å². The Hall–Kier alpha value is -2.33. The van der Waals surface area contributed by atoms with Gasteiger partial charge in [0.05, 0.1) is 12.6 Å². The van der Waals surface area contributed by atoms with Crippen LogP contribution in [0.1, 0.15) is 22.0 Å². The van der Waals surface area contributed by atoms with Crippen molar-refractivity contribution in [3.63, 3.8) is 0 Å². The van der Waals surface area contributed by atoms with E-state index in [0.29, 0.717) is 5.56 Å². The fourth-order valence-corrected chi connectivity index (χ4v) is 1.77. The van der Waals surface area contributed by atoms with E-state index in [1.165, 1.54) is 24.3 Å². The predicted octanol–water partition coefficient (Wildman–Crippen LogP) is 1.86. The number of carbonyl (C=O) groups is 1. The number of hydrogen-bond donors (Lipinski definition) is 3. The van der Waals surface area contributed by atoms with Gasteiger partial charge < -0.3 is 15.5 Å². The van der Waals surface area contributed by atoms with Gasteiger partial charge in [-0.3, -0.25) is 4.79 Å². The van der Waals surface area contributed by atoms with E-state index in [-0.39, 0.29) is 18.3 Å². The van der Waals surface area contributed by atoms with Crippen LogP contribution in [0.2, 0.25) is 0 Å². The first kappa shape index (κ1) is 13.1. The molecule has 1 atom stereocenters. The summed E-state index contributed by atoms with van der Waals surface area (Å²) in [6, 6.07) is 14.8. The minimum absolute atomic E-state index is 0.110. The monoisotopic (exact) mass is 257 g/mol. The number of aliphatic hydroxyl groups is 1. The molecule has 0 saturated carbocycles. The molecule has 98 valence electrons. The summed E-state index contributed by atoms with van der Waals surface area (Å²) in [6.45, 7) is -0.173. The minimum Gasteiger partial charge on any atom is -0.508 e. The molecular weight excluding hydrogens is 242 g/mol. The molecule has 0 aliphatic rings. The first-order valence-corrected chi connectivity index (χ1v) is 5.96. The number of carbonyl (C=O) groups excluding carboxylic acids is 1. The normalized spacial score (nSPS) is 11.8. The summed E-state index contributed by atoms with van der Waals surface area (Å²) >= 11 is 0. The van der Waals surface area contributed by atoms with Crippen LogP contribution in [0.15, 0.2) is 54.6 Å². The maximum Gasteiger partial charge on any atom is 0.251 e. The molecule has 0 aliphatic carbocycles. The second-order valence-corrected chi connectivity index (χ2v) is 4.17. The number of hydrogen-bond acceptors (Lipinski definition) is 3. The molecule has 0 aromatic heterocycles. The highest BCUT2D eigenvalue weighted by molar-refractivity contribution is 5.94. The number of aromatic hydroxyl groups is 1. The lowest BCUT2D eigenvalue weighted by molar-refractivity contribution is 0.0916. The zero-order chi connectivity index (χ0) is 13.7. The van der Waals surface area contributed by atoms with Crippen LogP contribution in [0, 0.1) is 0 Å². The highest BCUT2D eigenvalue weighted by atomic mass is 16.3. The van der Waals surface area contributed by atoms with Crippen LogP contribution in [-0.2, 0) is 0 Å². The van der Waals surface area contributed by atoms with Gasteiger partial charge in [-0.05, 0) is 29.8 Å². The number of phenolic OH excluding ortho intramolecular Hbond substituents is 1. The molecule has 0 fully saturated rings. The van der Waals surface area contributed by atoms with Gasteiger partial charge in [-0.1, -0.05) is 30.3 Å². The number of rotatable bonds is 4. The Balaban J connectivity index is 2.10. The summed E-state index contributed by atoms with van der Waals surface area (Å²) < 4.78 is 0. The Morgan fingerprint density at radius 1 is 1.05 bits per heavy atom. The molecule has 0 saturated heterocycles. The number of amides is 1. The second kappa shape index (κ2) is 6.02. The van der Waals surface area contributed by atoms with Gasteiger partial charge in [0.2, 0.25) is 0 Å². The Morgan fingerprint density at radius 3 is 2.26 bits per heavy atom. The Kier molecular flexibility index (Phi) is 4.15. The van der Waals surface area contributed by atoms with Crippen LogP contribution >= 0.6 is 0 Å². The van der Waals surface area contributed by atoms with E-state index in [1.54, 1.807) is 0 Å². The standard InChI is InChI=1S/C15H15NO3/c17-10-14(11-4-2-1-3-5-11)16-15(19)12-6-8-13(18)9-7-12/h1-9,14,17-18H,10H2,(H,16,19)/t14-/m0/s1. The van der Waals surface area contributed by atoms with Crippen molar-refractivity contribution >= 4 is 5.91 Å². The zero-order valence-corrected chi connectivity index (χ0v) is 10.3. The zero-order valence-electron chi connectivity index (χ0n) is 10.3. The van der Waals surface area contributed by atoms with Crippen molar-refractivity contribution in [1.29, 1.82) is 0 Å². The third kappa shape index (κ3) is 3.33. The van der Waals surface area contributed by atoms with Crippen molar-refractivity contribution in [1.82, 2.24) is 5.32 Å². The lowest BCUT2D eigenvalue weighted by atomic mass is 10.1. The largest absolute Gasteiger partial charge is 0.508 e. The highest BCUT2D eigenvalue weighted by Crippen LogP contribution is 2.14. The van der Waals surface area contributed by atoms with Crippen LogP contribution < -0.4 is 5.32 Å². The van der Waals surface area contributed by atoms with E-state index in [4.69, 9.17) is 0 Å². The van der Waals surface area contributed by atoms with Crippen molar-refractivity contribution < 1.29 is 15.0 Å². The first-order valence-electron chi connectivity index (χ1n) is 5.96. The van der Waals surface area contributed by atoms with Gasteiger partial charge in [0.1, 0.15) is 5.75 Å². The van der Waals surface area contributed by atoms with Crippen LogP contribution in [0.25, 0.3) is 0 Å². The molecule has 4 nitrogen and oxygen atoms in total. The number of benzene rings is 2. The van der Waals surface area contributed by atoms with E-state index in [1.807, 2.05) is 30.3 Å². The summed E-state index contributed by atoms with van der Waals surface area (Å²) in [4.78, 5) is 12.0. The first-order chi connectivity index (χ1) is 9.20. The van der Waals surface area contributed by atoms with Crippen LogP contribution in [-0.4, -0.2) is 22.7 Å². The Labute approximate surface area is 111 Å². The number of phenols is 1. The van der Waals surface area contributed by atoms with Gasteiger partial charge >= 0.3 is 0 Å². The third-order valence-electron chi connectivity index (χ3n) is 2.82. The van der Waals surface area contributed by atoms with Crippen LogP contribution in [0.5, 0.6) is 5.75 Å². The van der Waals surface area contributed by atoms with Crippen molar-refractivity contribution in [2.45, 2.75) is 6.04 Å². The van der Waals surface area contributed by atoms with Crippen LogP contribution in [0.4, 0.5) is 0 Å². The molecule has 0 unspecified atom stereocenters. The third-order valence-corrected chi connectivity index (χ3v) is 2.82. The molecule has 4 heteroatoms. The molecule has 2 aromatic carbocycles. The Morgan fingerprint density at radius 2 is 1.68 bits per heavy atom. The van der Waals surface area contributed by atoms with E-state index in [2.05, 4.69) is 5.32 Å². The maximum absolute atomic E-state index is 12.0. The number of aliphatic hydroxyl groups excluding tert-OH is 1. The average molecular weight is 257 g/mol. The van der Waals surface area contributed by atoms with Gasteiger partial charge in [0.15, 0.2) is 0 Å². The summed E-state index contributed by atoms with van der Waals surface area (Å²) in [5.41, 5.74) is 1.28. The summed E-state index contributed by atoms with van der Waals surface area (Å²) in [5, 5.41) is 21.3. The van der Waals surface area contributed by atoms with Gasteiger partial charge in [0.25, 0.3) is 5.91 Å². The topological polar surface area (TPSA) is 69.6 Å². The molecule has 1 amide bonds. The molecule has 19 heavy (non-hydrogen) atoms. The van der Waals surface area contributed by atoms with E-state index in [0.717, 1.165) is 5.56 Å². The molecule has 2 aromatic rings. The molecule has 0 heterocycles. The van der Waals surface area contributed by atoms with Gasteiger partial charge in [0, 0.05) is 5.56 Å². The molecule has 0 aliphatic heterocycles.